The molecule has 0 heterocycles. The summed E-state index contributed by atoms with van der Waals surface area (Å²) in [6.07, 6.45) is 1.71. The molecule has 1 nitrogen and oxygen atoms in total. The van der Waals surface area contributed by atoms with Gasteiger partial charge < -0.3 is 4.74 Å². The first kappa shape index (κ1) is 12.0. The quantitative estimate of drug-likeness (QED) is 0.706. The maximum atomic E-state index is 12.0. The Kier molecular flexibility index (Phi) is 4.09. The van der Waals surface area contributed by atoms with Crippen molar-refractivity contribution in [3.05, 3.63) is 41.4 Å². The van der Waals surface area contributed by atoms with Gasteiger partial charge in [0, 0.05) is 5.02 Å². The molecule has 0 saturated heterocycles. The maximum Gasteiger partial charge on any atom is 0.387 e. The summed E-state index contributed by atoms with van der Waals surface area (Å²) in [4.78, 5) is 0. The van der Waals surface area contributed by atoms with Crippen molar-refractivity contribution in [2.75, 3.05) is 0 Å². The van der Waals surface area contributed by atoms with Gasteiger partial charge in [0.25, 0.3) is 0 Å². The fourth-order valence-electron chi connectivity index (χ4n) is 1.15. The monoisotopic (exact) mass is 232 g/mol. The van der Waals surface area contributed by atoms with Gasteiger partial charge in [-0.3, -0.25) is 0 Å². The molecule has 0 fully saturated rings. The molecule has 1 aromatic carbocycles. The van der Waals surface area contributed by atoms with Crippen molar-refractivity contribution >= 4 is 11.6 Å². The normalized spacial score (nSPS) is 12.6. The zero-order valence-corrected chi connectivity index (χ0v) is 8.97. The number of halogens is 3. The summed E-state index contributed by atoms with van der Waals surface area (Å²) in [5.41, 5.74) is 0.799. The van der Waals surface area contributed by atoms with Gasteiger partial charge in [0.1, 0.15) is 5.75 Å². The molecular formula is C11H11ClF2O. The standard InChI is InChI=1S/C11H11ClF2O/c1-3-7(2)8-4-9(12)6-10(5-8)15-11(13)14/h3-7,11H,1H2,2H3. The van der Waals surface area contributed by atoms with Gasteiger partial charge in [0.2, 0.25) is 0 Å². The van der Waals surface area contributed by atoms with Gasteiger partial charge in [-0.25, -0.2) is 0 Å². The SMILES string of the molecule is C=CC(C)c1cc(Cl)cc(OC(F)F)c1. The number of allylic oxidation sites excluding steroid dienone is 1. The molecule has 0 aromatic heterocycles. The van der Waals surface area contributed by atoms with E-state index in [1.165, 1.54) is 12.1 Å². The van der Waals surface area contributed by atoms with E-state index in [0.717, 1.165) is 5.56 Å². The number of hydrogen-bond acceptors (Lipinski definition) is 1. The first-order valence-electron chi connectivity index (χ1n) is 4.40. The van der Waals surface area contributed by atoms with Crippen LogP contribution >= 0.6 is 11.6 Å². The summed E-state index contributed by atoms with van der Waals surface area (Å²) in [7, 11) is 0. The first-order chi connectivity index (χ1) is 7.02. The third-order valence-corrected chi connectivity index (χ3v) is 2.22. The first-order valence-corrected chi connectivity index (χ1v) is 4.78. The fraction of sp³-hybridized carbons (Fsp3) is 0.273. The van der Waals surface area contributed by atoms with E-state index in [4.69, 9.17) is 11.6 Å². The predicted molar refractivity (Wildman–Crippen MR) is 56.7 cm³/mol. The maximum absolute atomic E-state index is 12.0. The van der Waals surface area contributed by atoms with Gasteiger partial charge >= 0.3 is 6.61 Å². The van der Waals surface area contributed by atoms with Gasteiger partial charge in [-0.15, -0.1) is 6.58 Å². The van der Waals surface area contributed by atoms with Crippen molar-refractivity contribution < 1.29 is 13.5 Å². The Bertz CT molecular complexity index is 352. The third-order valence-electron chi connectivity index (χ3n) is 2.00. The molecule has 0 spiro atoms. The van der Waals surface area contributed by atoms with Crippen molar-refractivity contribution in [3.63, 3.8) is 0 Å². The van der Waals surface area contributed by atoms with Crippen LogP contribution in [0.15, 0.2) is 30.9 Å². The van der Waals surface area contributed by atoms with E-state index in [9.17, 15) is 8.78 Å². The number of rotatable bonds is 4. The molecule has 0 aliphatic heterocycles. The van der Waals surface area contributed by atoms with Gasteiger partial charge in [0.05, 0.1) is 0 Å². The molecule has 1 atom stereocenters. The molecule has 0 amide bonds. The lowest BCUT2D eigenvalue weighted by Gasteiger charge is -2.10. The van der Waals surface area contributed by atoms with Crippen LogP contribution in [0.5, 0.6) is 5.75 Å². The third kappa shape index (κ3) is 3.51. The number of ether oxygens (including phenoxy) is 1. The second-order valence-electron chi connectivity index (χ2n) is 3.12. The fourth-order valence-corrected chi connectivity index (χ4v) is 1.39. The van der Waals surface area contributed by atoms with E-state index < -0.39 is 6.61 Å². The highest BCUT2D eigenvalue weighted by molar-refractivity contribution is 6.30. The zero-order chi connectivity index (χ0) is 11.4. The Morgan fingerprint density at radius 3 is 2.60 bits per heavy atom. The van der Waals surface area contributed by atoms with E-state index >= 15 is 0 Å². The lowest BCUT2D eigenvalue weighted by Crippen LogP contribution is -2.02. The van der Waals surface area contributed by atoms with Crippen molar-refractivity contribution in [1.82, 2.24) is 0 Å². The molecule has 82 valence electrons. The zero-order valence-electron chi connectivity index (χ0n) is 8.21. The molecule has 1 unspecified atom stereocenters. The van der Waals surface area contributed by atoms with Crippen LogP contribution in [0, 0.1) is 0 Å². The summed E-state index contributed by atoms with van der Waals surface area (Å²) < 4.78 is 28.2. The molecule has 0 bridgehead atoms. The largest absolute Gasteiger partial charge is 0.435 e. The van der Waals surface area contributed by atoms with Crippen molar-refractivity contribution in [1.29, 1.82) is 0 Å². The van der Waals surface area contributed by atoms with Crippen LogP contribution in [-0.2, 0) is 0 Å². The van der Waals surface area contributed by atoms with E-state index in [1.807, 2.05) is 6.92 Å². The molecule has 0 aliphatic rings. The Balaban J connectivity index is 2.99. The minimum Gasteiger partial charge on any atom is -0.435 e. The van der Waals surface area contributed by atoms with Gasteiger partial charge in [0.15, 0.2) is 0 Å². The number of benzene rings is 1. The molecule has 0 aliphatic carbocycles. The predicted octanol–water partition coefficient (Wildman–Crippen LogP) is 4.23. The minimum absolute atomic E-state index is 0.0451. The number of hydrogen-bond donors (Lipinski definition) is 0. The number of alkyl halides is 2. The molecular weight excluding hydrogens is 222 g/mol. The summed E-state index contributed by atoms with van der Waals surface area (Å²) in [6.45, 7) is 2.68. The van der Waals surface area contributed by atoms with Crippen molar-refractivity contribution in [2.24, 2.45) is 0 Å². The Hall–Kier alpha value is -1.09. The molecule has 15 heavy (non-hydrogen) atoms. The lowest BCUT2D eigenvalue weighted by atomic mass is 10.0. The molecule has 0 radical (unpaired) electrons. The van der Waals surface area contributed by atoms with Gasteiger partial charge in [-0.05, 0) is 29.7 Å². The highest BCUT2D eigenvalue weighted by atomic mass is 35.5. The van der Waals surface area contributed by atoms with Crippen LogP contribution in [-0.4, -0.2) is 6.61 Å². The van der Waals surface area contributed by atoms with Gasteiger partial charge in [-0.1, -0.05) is 24.6 Å². The Morgan fingerprint density at radius 2 is 2.07 bits per heavy atom. The van der Waals surface area contributed by atoms with Crippen LogP contribution in [0.3, 0.4) is 0 Å². The van der Waals surface area contributed by atoms with E-state index in [2.05, 4.69) is 11.3 Å². The summed E-state index contributed by atoms with van der Waals surface area (Å²) in [5.74, 6) is 0.116. The molecule has 4 heteroatoms. The van der Waals surface area contributed by atoms with Crippen LogP contribution < -0.4 is 4.74 Å². The van der Waals surface area contributed by atoms with Crippen LogP contribution in [0.4, 0.5) is 8.78 Å². The average molecular weight is 233 g/mol. The average Bonchev–Trinajstić information content (AvgIpc) is 2.14. The Labute approximate surface area is 92.3 Å². The van der Waals surface area contributed by atoms with Crippen LogP contribution in [0.25, 0.3) is 0 Å². The van der Waals surface area contributed by atoms with E-state index in [1.54, 1.807) is 12.1 Å². The molecule has 0 saturated carbocycles. The van der Waals surface area contributed by atoms with Crippen LogP contribution in [0.1, 0.15) is 18.4 Å². The Morgan fingerprint density at radius 1 is 1.40 bits per heavy atom. The minimum atomic E-state index is -2.84. The van der Waals surface area contributed by atoms with Crippen molar-refractivity contribution in [3.8, 4) is 5.75 Å². The van der Waals surface area contributed by atoms with E-state index in [0.29, 0.717) is 5.02 Å². The second kappa shape index (κ2) is 5.12. The second-order valence-corrected chi connectivity index (χ2v) is 3.56. The summed E-state index contributed by atoms with van der Waals surface area (Å²) >= 11 is 5.78. The summed E-state index contributed by atoms with van der Waals surface area (Å²) in [6, 6.07) is 4.59. The molecule has 1 aromatic rings. The smallest absolute Gasteiger partial charge is 0.387 e. The summed E-state index contributed by atoms with van der Waals surface area (Å²) in [5, 5.41) is 0.372. The topological polar surface area (TPSA) is 9.23 Å². The van der Waals surface area contributed by atoms with E-state index in [-0.39, 0.29) is 11.7 Å². The van der Waals surface area contributed by atoms with Crippen LogP contribution in [0.2, 0.25) is 5.02 Å². The highest BCUT2D eigenvalue weighted by Crippen LogP contribution is 2.27. The van der Waals surface area contributed by atoms with Gasteiger partial charge in [-0.2, -0.15) is 8.78 Å². The lowest BCUT2D eigenvalue weighted by molar-refractivity contribution is -0.0498. The highest BCUT2D eigenvalue weighted by Gasteiger charge is 2.09. The van der Waals surface area contributed by atoms with Crippen molar-refractivity contribution in [2.45, 2.75) is 19.5 Å². The molecule has 0 N–H and O–H groups in total. The molecule has 1 rings (SSSR count).